The highest BCUT2D eigenvalue weighted by Gasteiger charge is 2.27. The summed E-state index contributed by atoms with van der Waals surface area (Å²) in [7, 11) is 0. The van der Waals surface area contributed by atoms with Crippen LogP contribution in [-0.4, -0.2) is 21.1 Å². The van der Waals surface area contributed by atoms with Gasteiger partial charge in [-0.15, -0.1) is 0 Å². The smallest absolute Gasteiger partial charge is 0.252 e. The first kappa shape index (κ1) is 13.7. The summed E-state index contributed by atoms with van der Waals surface area (Å²) in [5.74, 6) is 0.320. The molecule has 1 heterocycles. The van der Waals surface area contributed by atoms with Crippen LogP contribution in [0.4, 0.5) is 0 Å². The number of rotatable bonds is 3. The molecule has 2 N–H and O–H groups in total. The quantitative estimate of drug-likeness (QED) is 0.885. The lowest BCUT2D eigenvalue weighted by molar-refractivity contribution is 0.0908. The van der Waals surface area contributed by atoms with Gasteiger partial charge in [-0.1, -0.05) is 6.07 Å². The molecule has 1 amide bonds. The number of carbonyl (C=O) groups excluding carboxylic acids is 1. The number of aromatic nitrogens is 3. The van der Waals surface area contributed by atoms with Crippen molar-refractivity contribution in [3.8, 4) is 6.07 Å². The molecule has 0 aliphatic rings. The van der Waals surface area contributed by atoms with Crippen molar-refractivity contribution in [2.24, 2.45) is 0 Å². The number of hydrogen-bond acceptors (Lipinski definition) is 4. The molecule has 2 rings (SSSR count). The largest absolute Gasteiger partial charge is 0.340 e. The van der Waals surface area contributed by atoms with Gasteiger partial charge in [-0.2, -0.15) is 10.4 Å². The Bertz CT molecular complexity index is 667. The van der Waals surface area contributed by atoms with Gasteiger partial charge in [-0.05, 0) is 38.5 Å². The predicted molar refractivity (Wildman–Crippen MR) is 72.8 cm³/mol. The Morgan fingerprint density at radius 3 is 2.80 bits per heavy atom. The van der Waals surface area contributed by atoms with Crippen LogP contribution < -0.4 is 5.32 Å². The van der Waals surface area contributed by atoms with Crippen LogP contribution in [0.25, 0.3) is 0 Å². The van der Waals surface area contributed by atoms with Crippen molar-refractivity contribution in [3.05, 3.63) is 47.0 Å². The van der Waals surface area contributed by atoms with Crippen molar-refractivity contribution >= 4 is 5.91 Å². The summed E-state index contributed by atoms with van der Waals surface area (Å²) in [5, 5.41) is 18.4. The topological polar surface area (TPSA) is 94.5 Å². The molecule has 0 radical (unpaired) electrons. The maximum atomic E-state index is 12.4. The number of benzene rings is 1. The SMILES string of the molecule is Cc1c(C#N)cccc1C(=O)NC(C)(C)c1ncn[nH]1. The lowest BCUT2D eigenvalue weighted by Gasteiger charge is -2.24. The van der Waals surface area contributed by atoms with Crippen LogP contribution in [0.1, 0.15) is 41.2 Å². The predicted octanol–water partition coefficient (Wildman–Crippen LogP) is 1.65. The highest BCUT2D eigenvalue weighted by atomic mass is 16.1. The van der Waals surface area contributed by atoms with Gasteiger partial charge in [-0.25, -0.2) is 4.98 Å². The number of H-pyrrole nitrogens is 1. The van der Waals surface area contributed by atoms with Gasteiger partial charge in [0, 0.05) is 5.56 Å². The fourth-order valence-corrected chi connectivity index (χ4v) is 1.92. The van der Waals surface area contributed by atoms with Gasteiger partial charge < -0.3 is 5.32 Å². The monoisotopic (exact) mass is 269 g/mol. The molecule has 0 atom stereocenters. The van der Waals surface area contributed by atoms with E-state index in [9.17, 15) is 4.79 Å². The van der Waals surface area contributed by atoms with Crippen molar-refractivity contribution in [1.29, 1.82) is 5.26 Å². The van der Waals surface area contributed by atoms with Crippen molar-refractivity contribution < 1.29 is 4.79 Å². The van der Waals surface area contributed by atoms with Crippen LogP contribution in [0.5, 0.6) is 0 Å². The lowest BCUT2D eigenvalue weighted by Crippen LogP contribution is -2.42. The van der Waals surface area contributed by atoms with Crippen LogP contribution in [0, 0.1) is 18.3 Å². The standard InChI is InChI=1S/C14H15N5O/c1-9-10(7-15)5-4-6-11(9)12(20)18-14(2,3)13-16-8-17-19-13/h4-6,8H,1-3H3,(H,18,20)(H,16,17,19). The molecule has 0 bridgehead atoms. The van der Waals surface area contributed by atoms with E-state index in [0.29, 0.717) is 22.5 Å². The molecule has 2 aromatic rings. The Morgan fingerprint density at radius 1 is 1.45 bits per heavy atom. The van der Waals surface area contributed by atoms with E-state index in [1.807, 2.05) is 13.8 Å². The van der Waals surface area contributed by atoms with Gasteiger partial charge in [-0.3, -0.25) is 9.89 Å². The summed E-state index contributed by atoms with van der Waals surface area (Å²) in [6.45, 7) is 5.42. The summed E-state index contributed by atoms with van der Waals surface area (Å²) < 4.78 is 0. The first-order valence-electron chi connectivity index (χ1n) is 6.14. The first-order chi connectivity index (χ1) is 9.45. The van der Waals surface area contributed by atoms with E-state index < -0.39 is 5.54 Å². The normalized spacial score (nSPS) is 10.9. The van der Waals surface area contributed by atoms with Crippen molar-refractivity contribution in [2.45, 2.75) is 26.3 Å². The van der Waals surface area contributed by atoms with Gasteiger partial charge in [0.15, 0.2) is 0 Å². The molecule has 0 aliphatic carbocycles. The molecular formula is C14H15N5O. The zero-order valence-electron chi connectivity index (χ0n) is 11.6. The average molecular weight is 269 g/mol. The second-order valence-corrected chi connectivity index (χ2v) is 5.00. The third kappa shape index (κ3) is 2.52. The van der Waals surface area contributed by atoms with Crippen molar-refractivity contribution in [2.75, 3.05) is 0 Å². The van der Waals surface area contributed by atoms with E-state index in [-0.39, 0.29) is 5.91 Å². The van der Waals surface area contributed by atoms with E-state index in [2.05, 4.69) is 26.6 Å². The Kier molecular flexibility index (Phi) is 3.53. The van der Waals surface area contributed by atoms with Gasteiger partial charge in [0.2, 0.25) is 0 Å². The second kappa shape index (κ2) is 5.13. The maximum Gasteiger partial charge on any atom is 0.252 e. The number of carbonyl (C=O) groups is 1. The molecule has 102 valence electrons. The minimum absolute atomic E-state index is 0.249. The third-order valence-electron chi connectivity index (χ3n) is 3.13. The van der Waals surface area contributed by atoms with E-state index in [1.54, 1.807) is 25.1 Å². The first-order valence-corrected chi connectivity index (χ1v) is 6.14. The summed E-state index contributed by atoms with van der Waals surface area (Å²) in [6, 6.07) is 7.15. The van der Waals surface area contributed by atoms with E-state index in [0.717, 1.165) is 0 Å². The zero-order chi connectivity index (χ0) is 14.8. The fraction of sp³-hybridized carbons (Fsp3) is 0.286. The van der Waals surface area contributed by atoms with Gasteiger partial charge >= 0.3 is 0 Å². The van der Waals surface area contributed by atoms with E-state index in [1.165, 1.54) is 6.33 Å². The Hall–Kier alpha value is -2.68. The summed E-state index contributed by atoms with van der Waals surface area (Å²) in [6.07, 6.45) is 1.39. The zero-order valence-corrected chi connectivity index (χ0v) is 11.6. The highest BCUT2D eigenvalue weighted by molar-refractivity contribution is 5.96. The second-order valence-electron chi connectivity index (χ2n) is 5.00. The van der Waals surface area contributed by atoms with Crippen LogP contribution >= 0.6 is 0 Å². The van der Waals surface area contributed by atoms with Crippen LogP contribution in [0.3, 0.4) is 0 Å². The Labute approximate surface area is 116 Å². The number of amides is 1. The van der Waals surface area contributed by atoms with Gasteiger partial charge in [0.25, 0.3) is 5.91 Å². The van der Waals surface area contributed by atoms with Crippen molar-refractivity contribution in [3.63, 3.8) is 0 Å². The van der Waals surface area contributed by atoms with E-state index in [4.69, 9.17) is 5.26 Å². The molecule has 20 heavy (non-hydrogen) atoms. The fourth-order valence-electron chi connectivity index (χ4n) is 1.92. The number of nitriles is 1. The molecule has 0 unspecified atom stereocenters. The Balaban J connectivity index is 2.28. The molecule has 1 aromatic heterocycles. The number of aromatic amines is 1. The number of nitrogens with one attached hydrogen (secondary N) is 2. The molecule has 0 aliphatic heterocycles. The minimum Gasteiger partial charge on any atom is -0.340 e. The van der Waals surface area contributed by atoms with Crippen LogP contribution in [0.15, 0.2) is 24.5 Å². The van der Waals surface area contributed by atoms with E-state index >= 15 is 0 Å². The maximum absolute atomic E-state index is 12.4. The summed E-state index contributed by atoms with van der Waals surface area (Å²) >= 11 is 0. The van der Waals surface area contributed by atoms with Gasteiger partial charge in [0.05, 0.1) is 17.2 Å². The summed E-state index contributed by atoms with van der Waals surface area (Å²) in [5.41, 5.74) is 0.968. The van der Waals surface area contributed by atoms with Crippen molar-refractivity contribution in [1.82, 2.24) is 20.5 Å². The molecule has 0 fully saturated rings. The minimum atomic E-state index is -0.678. The molecule has 0 saturated carbocycles. The lowest BCUT2D eigenvalue weighted by atomic mass is 10.00. The molecule has 6 nitrogen and oxygen atoms in total. The summed E-state index contributed by atoms with van der Waals surface area (Å²) in [4.78, 5) is 16.4. The van der Waals surface area contributed by atoms with Crippen LogP contribution in [0.2, 0.25) is 0 Å². The molecule has 6 heteroatoms. The average Bonchev–Trinajstić information content (AvgIpc) is 2.93. The third-order valence-corrected chi connectivity index (χ3v) is 3.13. The Morgan fingerprint density at radius 2 is 2.20 bits per heavy atom. The molecular weight excluding hydrogens is 254 g/mol. The molecule has 0 spiro atoms. The number of hydrogen-bond donors (Lipinski definition) is 2. The molecule has 1 aromatic carbocycles. The van der Waals surface area contributed by atoms with Crippen LogP contribution in [-0.2, 0) is 5.54 Å². The number of nitrogens with zero attached hydrogens (tertiary/aromatic N) is 3. The molecule has 0 saturated heterocycles. The highest BCUT2D eigenvalue weighted by Crippen LogP contribution is 2.18. The van der Waals surface area contributed by atoms with Gasteiger partial charge in [0.1, 0.15) is 12.2 Å².